The van der Waals surface area contributed by atoms with Gasteiger partial charge in [-0.2, -0.15) is 0 Å². The molecule has 0 heterocycles. The van der Waals surface area contributed by atoms with E-state index in [-0.39, 0.29) is 11.0 Å². The zero-order valence-electron chi connectivity index (χ0n) is 12.1. The lowest BCUT2D eigenvalue weighted by molar-refractivity contribution is 0.0977. The number of carbonyl (C=O) groups is 1. The molecule has 2 N–H and O–H groups in total. The Hall–Kier alpha value is -1.92. The topological polar surface area (TPSA) is 50.4 Å². The maximum atomic E-state index is 12.1. The van der Waals surface area contributed by atoms with Crippen molar-refractivity contribution in [3.05, 3.63) is 58.1 Å². The smallest absolute Gasteiger partial charge is 0.257 e. The van der Waals surface area contributed by atoms with Crippen molar-refractivity contribution in [1.82, 2.24) is 5.32 Å². The number of methoxy groups -OCH3 is 1. The molecule has 4 nitrogen and oxygen atoms in total. The van der Waals surface area contributed by atoms with E-state index in [1.165, 1.54) is 0 Å². The van der Waals surface area contributed by atoms with Gasteiger partial charge < -0.3 is 10.1 Å². The molecule has 2 rings (SSSR count). The second-order valence-corrected chi connectivity index (χ2v) is 5.88. The summed E-state index contributed by atoms with van der Waals surface area (Å²) in [7, 11) is 1.58. The van der Waals surface area contributed by atoms with Gasteiger partial charge in [-0.15, -0.1) is 0 Å². The molecule has 22 heavy (non-hydrogen) atoms. The molecule has 0 bridgehead atoms. The van der Waals surface area contributed by atoms with Crippen LogP contribution in [0.1, 0.15) is 15.9 Å². The summed E-state index contributed by atoms with van der Waals surface area (Å²) in [4.78, 5) is 12.1. The van der Waals surface area contributed by atoms with E-state index in [1.54, 1.807) is 31.4 Å². The number of thiocarbonyl (C=S) groups is 1. The Labute approximate surface area is 143 Å². The fraction of sp³-hybridized carbons (Fsp3) is 0.125. The summed E-state index contributed by atoms with van der Waals surface area (Å²) in [6.07, 6.45) is 0. The third kappa shape index (κ3) is 4.29. The van der Waals surface area contributed by atoms with Crippen LogP contribution in [-0.4, -0.2) is 18.1 Å². The van der Waals surface area contributed by atoms with Crippen LogP contribution in [0.25, 0.3) is 0 Å². The number of halogens is 1. The number of amides is 1. The van der Waals surface area contributed by atoms with E-state index in [0.29, 0.717) is 11.3 Å². The molecule has 0 aliphatic carbocycles. The summed E-state index contributed by atoms with van der Waals surface area (Å²) in [5, 5.41) is 5.87. The third-order valence-corrected chi connectivity index (χ3v) is 3.81. The van der Waals surface area contributed by atoms with Crippen LogP contribution in [0.4, 0.5) is 5.69 Å². The molecule has 2 aromatic rings. The predicted molar refractivity (Wildman–Crippen MR) is 95.6 cm³/mol. The van der Waals surface area contributed by atoms with Gasteiger partial charge in [0.05, 0.1) is 12.8 Å². The molecule has 0 aromatic heterocycles. The number of aryl methyl sites for hydroxylation is 1. The van der Waals surface area contributed by atoms with Crippen molar-refractivity contribution in [2.24, 2.45) is 0 Å². The summed E-state index contributed by atoms with van der Waals surface area (Å²) in [5.74, 6) is 0.421. The molecule has 0 aliphatic rings. The Morgan fingerprint density at radius 1 is 1.18 bits per heavy atom. The third-order valence-electron chi connectivity index (χ3n) is 2.95. The summed E-state index contributed by atoms with van der Waals surface area (Å²) < 4.78 is 5.94. The first-order chi connectivity index (χ1) is 10.5. The van der Waals surface area contributed by atoms with Gasteiger partial charge in [-0.1, -0.05) is 6.07 Å². The van der Waals surface area contributed by atoms with Crippen LogP contribution < -0.4 is 15.4 Å². The normalized spacial score (nSPS) is 9.95. The SMILES string of the molecule is COc1ccc(C(=O)NC(=S)Nc2ccc(C)cc2Br)cc1. The van der Waals surface area contributed by atoms with Gasteiger partial charge in [-0.05, 0) is 77.0 Å². The Morgan fingerprint density at radius 3 is 2.45 bits per heavy atom. The largest absolute Gasteiger partial charge is 0.497 e. The van der Waals surface area contributed by atoms with Crippen LogP contribution in [0.5, 0.6) is 5.75 Å². The van der Waals surface area contributed by atoms with Crippen LogP contribution in [0.15, 0.2) is 46.9 Å². The van der Waals surface area contributed by atoms with Gasteiger partial charge in [-0.3, -0.25) is 10.1 Å². The van der Waals surface area contributed by atoms with Crippen LogP contribution in [0, 0.1) is 6.92 Å². The van der Waals surface area contributed by atoms with Crippen LogP contribution in [0.3, 0.4) is 0 Å². The summed E-state index contributed by atoms with van der Waals surface area (Å²) >= 11 is 8.62. The van der Waals surface area contributed by atoms with E-state index >= 15 is 0 Å². The molecule has 0 saturated heterocycles. The molecule has 0 saturated carbocycles. The summed E-state index contributed by atoms with van der Waals surface area (Å²) in [6.45, 7) is 2.00. The quantitative estimate of drug-likeness (QED) is 0.795. The maximum absolute atomic E-state index is 12.1. The van der Waals surface area contributed by atoms with Gasteiger partial charge in [0.2, 0.25) is 0 Å². The van der Waals surface area contributed by atoms with Crippen molar-refractivity contribution >= 4 is 44.9 Å². The van der Waals surface area contributed by atoms with Crippen LogP contribution in [0.2, 0.25) is 0 Å². The van der Waals surface area contributed by atoms with Crippen LogP contribution in [-0.2, 0) is 0 Å². The highest BCUT2D eigenvalue weighted by Gasteiger charge is 2.09. The maximum Gasteiger partial charge on any atom is 0.257 e. The zero-order chi connectivity index (χ0) is 16.1. The number of ether oxygens (including phenoxy) is 1. The van der Waals surface area contributed by atoms with Gasteiger partial charge in [0.15, 0.2) is 5.11 Å². The number of carbonyl (C=O) groups excluding carboxylic acids is 1. The highest BCUT2D eigenvalue weighted by molar-refractivity contribution is 9.10. The van der Waals surface area contributed by atoms with Crippen molar-refractivity contribution in [3.63, 3.8) is 0 Å². The molecule has 0 unspecified atom stereocenters. The first kappa shape index (κ1) is 16.5. The molecule has 1 amide bonds. The summed E-state index contributed by atoms with van der Waals surface area (Å²) in [6, 6.07) is 12.6. The highest BCUT2D eigenvalue weighted by Crippen LogP contribution is 2.23. The molecular formula is C16H15BrN2O2S. The lowest BCUT2D eigenvalue weighted by atomic mass is 10.2. The van der Waals surface area contributed by atoms with Gasteiger partial charge >= 0.3 is 0 Å². The van der Waals surface area contributed by atoms with E-state index in [1.807, 2.05) is 25.1 Å². The predicted octanol–water partition coefficient (Wildman–Crippen LogP) is 3.89. The first-order valence-electron chi connectivity index (χ1n) is 6.52. The lowest BCUT2D eigenvalue weighted by Gasteiger charge is -2.11. The zero-order valence-corrected chi connectivity index (χ0v) is 14.5. The van der Waals surface area contributed by atoms with Gasteiger partial charge in [0.1, 0.15) is 5.75 Å². The molecule has 0 spiro atoms. The molecular weight excluding hydrogens is 364 g/mol. The molecule has 0 aliphatic heterocycles. The fourth-order valence-corrected chi connectivity index (χ4v) is 2.59. The number of anilines is 1. The first-order valence-corrected chi connectivity index (χ1v) is 7.72. The molecule has 2 aromatic carbocycles. The van der Waals surface area contributed by atoms with Crippen molar-refractivity contribution in [2.75, 3.05) is 12.4 Å². The second kappa shape index (κ2) is 7.38. The number of hydrogen-bond acceptors (Lipinski definition) is 3. The Bertz CT molecular complexity index is 702. The number of rotatable bonds is 3. The van der Waals surface area contributed by atoms with Gasteiger partial charge in [0.25, 0.3) is 5.91 Å². The molecule has 0 radical (unpaired) electrons. The van der Waals surface area contributed by atoms with E-state index in [0.717, 1.165) is 15.7 Å². The van der Waals surface area contributed by atoms with Crippen LogP contribution >= 0.6 is 28.1 Å². The number of nitrogens with one attached hydrogen (secondary N) is 2. The highest BCUT2D eigenvalue weighted by atomic mass is 79.9. The minimum absolute atomic E-state index is 0.241. The van der Waals surface area contributed by atoms with Gasteiger partial charge in [-0.25, -0.2) is 0 Å². The lowest BCUT2D eigenvalue weighted by Crippen LogP contribution is -2.34. The van der Waals surface area contributed by atoms with E-state index in [2.05, 4.69) is 26.6 Å². The number of hydrogen-bond donors (Lipinski definition) is 2. The van der Waals surface area contributed by atoms with Crippen molar-refractivity contribution < 1.29 is 9.53 Å². The second-order valence-electron chi connectivity index (χ2n) is 4.62. The number of benzene rings is 2. The standard InChI is InChI=1S/C16H15BrN2O2S/c1-10-3-8-14(13(17)9-10)18-16(22)19-15(20)11-4-6-12(21-2)7-5-11/h3-9H,1-2H3,(H2,18,19,20,22). The Morgan fingerprint density at radius 2 is 1.86 bits per heavy atom. The van der Waals surface area contributed by atoms with Crippen molar-refractivity contribution in [2.45, 2.75) is 6.92 Å². The van der Waals surface area contributed by atoms with Gasteiger partial charge in [0, 0.05) is 10.0 Å². The Balaban J connectivity index is 2.00. The molecule has 6 heteroatoms. The average molecular weight is 379 g/mol. The monoisotopic (exact) mass is 378 g/mol. The Kier molecular flexibility index (Phi) is 5.51. The van der Waals surface area contributed by atoms with E-state index in [9.17, 15) is 4.79 Å². The minimum Gasteiger partial charge on any atom is -0.497 e. The fourth-order valence-electron chi connectivity index (χ4n) is 1.79. The van der Waals surface area contributed by atoms with E-state index < -0.39 is 0 Å². The minimum atomic E-state index is -0.275. The van der Waals surface area contributed by atoms with Crippen molar-refractivity contribution in [1.29, 1.82) is 0 Å². The summed E-state index contributed by atoms with van der Waals surface area (Å²) in [5.41, 5.74) is 2.43. The van der Waals surface area contributed by atoms with E-state index in [4.69, 9.17) is 17.0 Å². The average Bonchev–Trinajstić information content (AvgIpc) is 2.50. The van der Waals surface area contributed by atoms with Crippen molar-refractivity contribution in [3.8, 4) is 5.75 Å². The molecule has 114 valence electrons. The molecule has 0 atom stereocenters. The molecule has 0 fully saturated rings.